The molecule has 32 heavy (non-hydrogen) atoms. The molecule has 2 atom stereocenters. The molecule has 5 nitrogen and oxygen atoms in total. The molecule has 2 unspecified atom stereocenters. The average molecular weight is 513 g/mol. The van der Waals surface area contributed by atoms with Crippen LogP contribution in [0.5, 0.6) is 0 Å². The van der Waals surface area contributed by atoms with Gasteiger partial charge in [0.15, 0.2) is 0 Å². The van der Waals surface area contributed by atoms with Crippen LogP contribution in [0.1, 0.15) is 47.6 Å². The van der Waals surface area contributed by atoms with Crippen LogP contribution >= 0.6 is 15.9 Å². The number of rotatable bonds is 7. The number of carboxylic acid groups (broad SMARTS) is 1. The number of hydrogen-bond donors (Lipinski definition) is 2. The summed E-state index contributed by atoms with van der Waals surface area (Å²) in [4.78, 5) is 25.5. The van der Waals surface area contributed by atoms with Gasteiger partial charge in [0.1, 0.15) is 0 Å². The van der Waals surface area contributed by atoms with Gasteiger partial charge >= 0.3 is 12.1 Å². The molecule has 0 spiro atoms. The molecule has 1 saturated heterocycles. The Labute approximate surface area is 192 Å². The second kappa shape index (κ2) is 10.4. The second-order valence-corrected chi connectivity index (χ2v) is 8.82. The van der Waals surface area contributed by atoms with Crippen LogP contribution in [0.25, 0.3) is 0 Å². The van der Waals surface area contributed by atoms with Gasteiger partial charge in [0.25, 0.3) is 5.91 Å². The number of carbonyl (C=O) groups excluding carboxylic acids is 1. The van der Waals surface area contributed by atoms with Gasteiger partial charge in [-0.2, -0.15) is 13.2 Å². The number of carbonyl (C=O) groups is 2. The van der Waals surface area contributed by atoms with Gasteiger partial charge in [-0.1, -0.05) is 28.1 Å². The van der Waals surface area contributed by atoms with Gasteiger partial charge in [-0.05, 0) is 61.2 Å². The molecule has 1 amide bonds. The third kappa shape index (κ3) is 6.72. The first-order chi connectivity index (χ1) is 15.1. The molecule has 3 rings (SSSR count). The lowest BCUT2D eigenvalue weighted by atomic mass is 9.97. The topological polar surface area (TPSA) is 69.6 Å². The predicted octanol–water partition coefficient (Wildman–Crippen LogP) is 5.88. The van der Waals surface area contributed by atoms with Gasteiger partial charge in [-0.3, -0.25) is 9.59 Å². The Bertz CT molecular complexity index is 933. The second-order valence-electron chi connectivity index (χ2n) is 7.91. The largest absolute Gasteiger partial charge is 0.481 e. The number of nitrogens with one attached hydrogen (secondary N) is 1. The molecule has 172 valence electrons. The molecule has 2 N–H and O–H groups in total. The molecule has 1 heterocycles. The highest BCUT2D eigenvalue weighted by Crippen LogP contribution is 2.31. The normalized spacial score (nSPS) is 17.6. The van der Waals surface area contributed by atoms with Gasteiger partial charge in [0.05, 0.1) is 12.0 Å². The molecule has 1 aliphatic rings. The molecule has 0 saturated carbocycles. The zero-order chi connectivity index (χ0) is 23.3. The van der Waals surface area contributed by atoms with Crippen molar-refractivity contribution in [2.45, 2.75) is 37.9 Å². The van der Waals surface area contributed by atoms with Crippen molar-refractivity contribution < 1.29 is 27.9 Å². The number of anilines is 1. The monoisotopic (exact) mass is 512 g/mol. The van der Waals surface area contributed by atoms with Crippen LogP contribution in [-0.2, 0) is 4.79 Å². The first-order valence-electron chi connectivity index (χ1n) is 10.3. The molecule has 0 aliphatic carbocycles. The minimum Gasteiger partial charge on any atom is -0.481 e. The minimum atomic E-state index is -4.26. The highest BCUT2D eigenvalue weighted by Gasteiger charge is 2.30. The number of amides is 1. The van der Waals surface area contributed by atoms with Crippen molar-refractivity contribution in [1.29, 1.82) is 0 Å². The fourth-order valence-corrected chi connectivity index (χ4v) is 4.05. The maximum Gasteiger partial charge on any atom is 0.389 e. The first kappa shape index (κ1) is 24.1. The molecule has 2 aromatic rings. The molecule has 1 fully saturated rings. The van der Waals surface area contributed by atoms with Gasteiger partial charge in [0, 0.05) is 35.2 Å². The van der Waals surface area contributed by atoms with Crippen molar-refractivity contribution in [3.8, 4) is 0 Å². The van der Waals surface area contributed by atoms with Gasteiger partial charge in [0.2, 0.25) is 0 Å². The summed E-state index contributed by atoms with van der Waals surface area (Å²) in [6, 6.07) is 13.1. The van der Waals surface area contributed by atoms with E-state index >= 15 is 0 Å². The van der Waals surface area contributed by atoms with Crippen LogP contribution < -0.4 is 5.32 Å². The molecular weight excluding hydrogens is 489 g/mol. The van der Waals surface area contributed by atoms with Gasteiger partial charge in [-0.25, -0.2) is 0 Å². The van der Waals surface area contributed by atoms with Crippen molar-refractivity contribution in [3.63, 3.8) is 0 Å². The molecular formula is C23H24BrF3N2O3. The smallest absolute Gasteiger partial charge is 0.389 e. The zero-order valence-corrected chi connectivity index (χ0v) is 18.8. The highest BCUT2D eigenvalue weighted by atomic mass is 79.9. The van der Waals surface area contributed by atoms with E-state index in [1.165, 1.54) is 0 Å². The highest BCUT2D eigenvalue weighted by molar-refractivity contribution is 9.10. The van der Waals surface area contributed by atoms with E-state index in [0.717, 1.165) is 10.0 Å². The number of alkyl halides is 3. The third-order valence-electron chi connectivity index (χ3n) is 5.52. The zero-order valence-electron chi connectivity index (χ0n) is 17.2. The van der Waals surface area contributed by atoms with Crippen molar-refractivity contribution >= 4 is 33.5 Å². The Morgan fingerprint density at radius 2 is 1.78 bits per heavy atom. The summed E-state index contributed by atoms with van der Waals surface area (Å²) >= 11 is 3.33. The quantitative estimate of drug-likeness (QED) is 0.485. The summed E-state index contributed by atoms with van der Waals surface area (Å²) < 4.78 is 39.3. The number of benzene rings is 2. The summed E-state index contributed by atoms with van der Waals surface area (Å²) in [6.07, 6.45) is -4.12. The van der Waals surface area contributed by atoms with E-state index < -0.39 is 30.5 Å². The van der Waals surface area contributed by atoms with Crippen molar-refractivity contribution in [3.05, 3.63) is 64.1 Å². The van der Waals surface area contributed by atoms with Crippen LogP contribution in [0, 0.1) is 5.92 Å². The summed E-state index contributed by atoms with van der Waals surface area (Å²) in [5, 5.41) is 12.3. The molecule has 9 heteroatoms. The lowest BCUT2D eigenvalue weighted by molar-refractivity contribution is -0.143. The van der Waals surface area contributed by atoms with E-state index in [-0.39, 0.29) is 18.9 Å². The van der Waals surface area contributed by atoms with Crippen LogP contribution in [0.2, 0.25) is 0 Å². The van der Waals surface area contributed by atoms with Crippen LogP contribution in [0.15, 0.2) is 53.0 Å². The average Bonchev–Trinajstić information content (AvgIpc) is 2.76. The SMILES string of the molecule is O=C(O)C1CCCN(C(=O)c2ccc(NC(CCC(F)(F)F)c3ccc(Br)cc3)cc2)C1. The number of hydrogen-bond acceptors (Lipinski definition) is 3. The number of carboxylic acids is 1. The third-order valence-corrected chi connectivity index (χ3v) is 6.05. The Balaban J connectivity index is 1.70. The Morgan fingerprint density at radius 1 is 1.12 bits per heavy atom. The fourth-order valence-electron chi connectivity index (χ4n) is 3.78. The summed E-state index contributed by atoms with van der Waals surface area (Å²) in [5.74, 6) is -1.71. The number of piperidine rings is 1. The lowest BCUT2D eigenvalue weighted by Gasteiger charge is -2.30. The van der Waals surface area contributed by atoms with E-state index in [1.54, 1.807) is 53.4 Å². The Kier molecular flexibility index (Phi) is 7.82. The minimum absolute atomic E-state index is 0.129. The van der Waals surface area contributed by atoms with Gasteiger partial charge < -0.3 is 15.3 Å². The predicted molar refractivity (Wildman–Crippen MR) is 119 cm³/mol. The maximum atomic E-state index is 12.8. The lowest BCUT2D eigenvalue weighted by Crippen LogP contribution is -2.42. The molecule has 2 aromatic carbocycles. The van der Waals surface area contributed by atoms with Gasteiger partial charge in [-0.15, -0.1) is 0 Å². The molecule has 0 aromatic heterocycles. The molecule has 0 bridgehead atoms. The first-order valence-corrected chi connectivity index (χ1v) is 11.1. The number of aliphatic carboxylic acids is 1. The van der Waals surface area contributed by atoms with Crippen molar-refractivity contribution in [1.82, 2.24) is 4.90 Å². The Hall–Kier alpha value is -2.55. The van der Waals surface area contributed by atoms with Crippen molar-refractivity contribution in [2.75, 3.05) is 18.4 Å². The summed E-state index contributed by atoms with van der Waals surface area (Å²) in [7, 11) is 0. The fraction of sp³-hybridized carbons (Fsp3) is 0.391. The van der Waals surface area contributed by atoms with Crippen molar-refractivity contribution in [2.24, 2.45) is 5.92 Å². The van der Waals surface area contributed by atoms with E-state index in [0.29, 0.717) is 30.6 Å². The summed E-state index contributed by atoms with van der Waals surface area (Å²) in [6.45, 7) is 0.683. The van der Waals surface area contributed by atoms with E-state index in [2.05, 4.69) is 21.2 Å². The Morgan fingerprint density at radius 3 is 2.38 bits per heavy atom. The van der Waals surface area contributed by atoms with E-state index in [9.17, 15) is 27.9 Å². The van der Waals surface area contributed by atoms with Crippen LogP contribution in [0.3, 0.4) is 0 Å². The molecule has 0 radical (unpaired) electrons. The number of likely N-dealkylation sites (tertiary alicyclic amines) is 1. The maximum absolute atomic E-state index is 12.8. The number of halogens is 4. The number of nitrogens with zero attached hydrogens (tertiary/aromatic N) is 1. The summed E-state index contributed by atoms with van der Waals surface area (Å²) in [5.41, 5.74) is 1.74. The van der Waals surface area contributed by atoms with E-state index in [4.69, 9.17) is 0 Å². The standard InChI is InChI=1S/C23H24BrF3N2O3/c24-18-7-3-15(4-8-18)20(11-12-23(25,26)27)28-19-9-5-16(6-10-19)21(30)29-13-1-2-17(14-29)22(31)32/h3-10,17,20,28H,1-2,11-14H2,(H,31,32). The van der Waals surface area contributed by atoms with E-state index in [1.807, 2.05) is 0 Å². The molecule has 1 aliphatic heterocycles. The van der Waals surface area contributed by atoms with Crippen LogP contribution in [0.4, 0.5) is 18.9 Å². The van der Waals surface area contributed by atoms with Crippen LogP contribution in [-0.4, -0.2) is 41.1 Å².